The highest BCUT2D eigenvalue weighted by molar-refractivity contribution is 5.68. The molecule has 3 aromatic rings. The highest BCUT2D eigenvalue weighted by Gasteiger charge is 2.37. The number of piperidine rings is 1. The molecule has 0 bridgehead atoms. The van der Waals surface area contributed by atoms with Crippen LogP contribution in [0.2, 0.25) is 0 Å². The van der Waals surface area contributed by atoms with Crippen molar-refractivity contribution in [3.63, 3.8) is 0 Å². The van der Waals surface area contributed by atoms with Gasteiger partial charge in [-0.05, 0) is 55.2 Å². The normalized spacial score (nSPS) is 20.9. The van der Waals surface area contributed by atoms with E-state index >= 15 is 0 Å². The van der Waals surface area contributed by atoms with Gasteiger partial charge in [0.1, 0.15) is 6.61 Å². The number of benzene rings is 3. The molecule has 160 valence electrons. The van der Waals surface area contributed by atoms with Crippen LogP contribution in [0.25, 0.3) is 0 Å². The van der Waals surface area contributed by atoms with Crippen LogP contribution < -0.4 is 0 Å². The van der Waals surface area contributed by atoms with Crippen LogP contribution in [0.5, 0.6) is 0 Å². The molecule has 3 aromatic carbocycles. The number of likely N-dealkylation sites (tertiary alicyclic amines) is 1. The van der Waals surface area contributed by atoms with Gasteiger partial charge < -0.3 is 9.64 Å². The second-order valence-corrected chi connectivity index (χ2v) is 8.67. The molecular weight excluding hydrogens is 382 g/mol. The van der Waals surface area contributed by atoms with E-state index in [2.05, 4.69) is 61.5 Å². The summed E-state index contributed by atoms with van der Waals surface area (Å²) in [4.78, 5) is 15.1. The number of amides is 1. The number of nitrogens with zero attached hydrogens (tertiary/aromatic N) is 1. The number of ether oxygens (including phenoxy) is 1. The molecule has 1 aliphatic rings. The molecule has 3 heteroatoms. The summed E-state index contributed by atoms with van der Waals surface area (Å²) < 4.78 is 5.75. The summed E-state index contributed by atoms with van der Waals surface area (Å²) in [5.74, 6) is 0.560. The SMILES string of the molecule is CC1CC(Cc2ccccc2)CC(Cc2ccccc2)N1C(=O)OCc1ccccc1. The summed E-state index contributed by atoms with van der Waals surface area (Å²) in [5.41, 5.74) is 3.65. The maximum atomic E-state index is 13.2. The third-order valence-electron chi connectivity index (χ3n) is 6.25. The Morgan fingerprint density at radius 1 is 0.774 bits per heavy atom. The van der Waals surface area contributed by atoms with Crippen LogP contribution in [0.3, 0.4) is 0 Å². The number of carbonyl (C=O) groups is 1. The van der Waals surface area contributed by atoms with Gasteiger partial charge in [-0.25, -0.2) is 4.79 Å². The molecule has 1 heterocycles. The Labute approximate surface area is 185 Å². The third-order valence-corrected chi connectivity index (χ3v) is 6.25. The highest BCUT2D eigenvalue weighted by Crippen LogP contribution is 2.32. The molecule has 4 rings (SSSR count). The van der Waals surface area contributed by atoms with E-state index in [1.165, 1.54) is 11.1 Å². The number of hydrogen-bond acceptors (Lipinski definition) is 2. The fraction of sp³-hybridized carbons (Fsp3) is 0.321. The standard InChI is InChI=1S/C28H31NO2/c1-22-17-26(18-23-11-5-2-6-12-23)20-27(19-24-13-7-3-8-14-24)29(22)28(30)31-21-25-15-9-4-10-16-25/h2-16,22,26-27H,17-21H2,1H3. The Morgan fingerprint density at radius 2 is 1.29 bits per heavy atom. The summed E-state index contributed by atoms with van der Waals surface area (Å²) in [7, 11) is 0. The zero-order valence-electron chi connectivity index (χ0n) is 18.2. The van der Waals surface area contributed by atoms with E-state index in [0.717, 1.165) is 31.2 Å². The quantitative estimate of drug-likeness (QED) is 0.476. The van der Waals surface area contributed by atoms with Crippen molar-refractivity contribution >= 4 is 6.09 Å². The van der Waals surface area contributed by atoms with Crippen molar-refractivity contribution in [1.82, 2.24) is 4.90 Å². The first-order valence-electron chi connectivity index (χ1n) is 11.3. The predicted octanol–water partition coefficient (Wildman–Crippen LogP) is 6.28. The highest BCUT2D eigenvalue weighted by atomic mass is 16.6. The van der Waals surface area contributed by atoms with Gasteiger partial charge in [0.25, 0.3) is 0 Å². The number of hydrogen-bond donors (Lipinski definition) is 0. The van der Waals surface area contributed by atoms with Crippen molar-refractivity contribution in [2.75, 3.05) is 0 Å². The summed E-state index contributed by atoms with van der Waals surface area (Å²) >= 11 is 0. The molecule has 0 aromatic heterocycles. The van der Waals surface area contributed by atoms with Crippen molar-refractivity contribution in [3.05, 3.63) is 108 Å². The van der Waals surface area contributed by atoms with E-state index in [4.69, 9.17) is 4.74 Å². The molecule has 1 amide bonds. The molecule has 0 spiro atoms. The molecule has 1 fully saturated rings. The molecule has 0 aliphatic carbocycles. The first-order chi connectivity index (χ1) is 15.2. The lowest BCUT2D eigenvalue weighted by Crippen LogP contribution is -2.52. The minimum atomic E-state index is -0.199. The van der Waals surface area contributed by atoms with Gasteiger partial charge in [-0.2, -0.15) is 0 Å². The maximum Gasteiger partial charge on any atom is 0.410 e. The van der Waals surface area contributed by atoms with Crippen molar-refractivity contribution in [3.8, 4) is 0 Å². The Bertz CT molecular complexity index is 943. The molecule has 1 aliphatic heterocycles. The Balaban J connectivity index is 1.48. The molecule has 1 saturated heterocycles. The molecule has 0 saturated carbocycles. The number of carbonyl (C=O) groups excluding carboxylic acids is 1. The summed E-state index contributed by atoms with van der Waals surface area (Å²) in [6.07, 6.45) is 3.71. The smallest absolute Gasteiger partial charge is 0.410 e. The Morgan fingerprint density at radius 3 is 1.87 bits per heavy atom. The van der Waals surface area contributed by atoms with Gasteiger partial charge in [0.15, 0.2) is 0 Å². The fourth-order valence-corrected chi connectivity index (χ4v) is 4.86. The van der Waals surface area contributed by atoms with Crippen LogP contribution in [0, 0.1) is 5.92 Å². The lowest BCUT2D eigenvalue weighted by molar-refractivity contribution is 0.0318. The van der Waals surface area contributed by atoms with Gasteiger partial charge in [0.2, 0.25) is 0 Å². The largest absolute Gasteiger partial charge is 0.445 e. The van der Waals surface area contributed by atoms with Crippen LogP contribution in [0.4, 0.5) is 4.79 Å². The van der Waals surface area contributed by atoms with Gasteiger partial charge in [0.05, 0.1) is 0 Å². The summed E-state index contributed by atoms with van der Waals surface area (Å²) in [6.45, 7) is 2.48. The van der Waals surface area contributed by atoms with Gasteiger partial charge in [0, 0.05) is 12.1 Å². The predicted molar refractivity (Wildman–Crippen MR) is 125 cm³/mol. The lowest BCUT2D eigenvalue weighted by Gasteiger charge is -2.43. The van der Waals surface area contributed by atoms with Crippen LogP contribution in [0.1, 0.15) is 36.5 Å². The zero-order chi connectivity index (χ0) is 21.5. The van der Waals surface area contributed by atoms with E-state index in [-0.39, 0.29) is 18.2 Å². The minimum absolute atomic E-state index is 0.142. The van der Waals surface area contributed by atoms with Crippen molar-refractivity contribution in [1.29, 1.82) is 0 Å². The van der Waals surface area contributed by atoms with Gasteiger partial charge in [-0.15, -0.1) is 0 Å². The fourth-order valence-electron chi connectivity index (χ4n) is 4.86. The minimum Gasteiger partial charge on any atom is -0.445 e. The molecule has 31 heavy (non-hydrogen) atoms. The average Bonchev–Trinajstić information content (AvgIpc) is 2.79. The van der Waals surface area contributed by atoms with E-state index in [0.29, 0.717) is 12.5 Å². The number of rotatable bonds is 6. The summed E-state index contributed by atoms with van der Waals surface area (Å²) in [5, 5.41) is 0. The lowest BCUT2D eigenvalue weighted by atomic mass is 9.81. The van der Waals surface area contributed by atoms with E-state index in [9.17, 15) is 4.79 Å². The Kier molecular flexibility index (Phi) is 7.03. The van der Waals surface area contributed by atoms with Crippen LogP contribution in [0.15, 0.2) is 91.0 Å². The maximum absolute atomic E-state index is 13.2. The Hall–Kier alpha value is -3.07. The van der Waals surface area contributed by atoms with Gasteiger partial charge in [-0.1, -0.05) is 91.0 Å². The molecule has 3 unspecified atom stereocenters. The van der Waals surface area contributed by atoms with E-state index < -0.39 is 0 Å². The average molecular weight is 414 g/mol. The van der Waals surface area contributed by atoms with Gasteiger partial charge >= 0.3 is 6.09 Å². The first kappa shape index (κ1) is 21.2. The van der Waals surface area contributed by atoms with Crippen LogP contribution in [-0.4, -0.2) is 23.1 Å². The molecule has 0 N–H and O–H groups in total. The van der Waals surface area contributed by atoms with Crippen molar-refractivity contribution in [2.45, 2.75) is 51.3 Å². The van der Waals surface area contributed by atoms with Gasteiger partial charge in [-0.3, -0.25) is 0 Å². The van der Waals surface area contributed by atoms with E-state index in [1.54, 1.807) is 0 Å². The molecule has 3 nitrogen and oxygen atoms in total. The second-order valence-electron chi connectivity index (χ2n) is 8.67. The van der Waals surface area contributed by atoms with Crippen LogP contribution >= 0.6 is 0 Å². The van der Waals surface area contributed by atoms with Crippen molar-refractivity contribution < 1.29 is 9.53 Å². The topological polar surface area (TPSA) is 29.5 Å². The van der Waals surface area contributed by atoms with E-state index in [1.807, 2.05) is 41.3 Å². The molecule has 3 atom stereocenters. The third kappa shape index (κ3) is 5.75. The second kappa shape index (κ2) is 10.3. The molecular formula is C28H31NO2. The molecule has 0 radical (unpaired) electrons. The summed E-state index contributed by atoms with van der Waals surface area (Å²) in [6, 6.07) is 31.4. The first-order valence-corrected chi connectivity index (χ1v) is 11.3. The monoisotopic (exact) mass is 413 g/mol. The van der Waals surface area contributed by atoms with Crippen molar-refractivity contribution in [2.24, 2.45) is 5.92 Å². The zero-order valence-corrected chi connectivity index (χ0v) is 18.2. The van der Waals surface area contributed by atoms with Crippen LogP contribution in [-0.2, 0) is 24.2 Å².